The van der Waals surface area contributed by atoms with Gasteiger partial charge in [-0.15, -0.1) is 0 Å². The van der Waals surface area contributed by atoms with Gasteiger partial charge in [-0.25, -0.2) is 0 Å². The Hall–Kier alpha value is -1.97. The zero-order valence-electron chi connectivity index (χ0n) is 8.90. The number of benzene rings is 1. The van der Waals surface area contributed by atoms with Crippen LogP contribution in [0, 0.1) is 0 Å². The molecule has 0 fully saturated rings. The van der Waals surface area contributed by atoms with Crippen LogP contribution in [0.25, 0.3) is 0 Å². The topological polar surface area (TPSA) is 54.5 Å². The van der Waals surface area contributed by atoms with E-state index < -0.39 is 11.7 Å². The lowest BCUT2D eigenvalue weighted by atomic mass is 10.1. The fraction of sp³-hybridized carbons (Fsp3) is 0.250. The average Bonchev–Trinajstić information content (AvgIpc) is 2.50. The highest BCUT2D eigenvalue weighted by Gasteiger charge is 2.34. The quantitative estimate of drug-likeness (QED) is 0.715. The van der Waals surface area contributed by atoms with E-state index in [1.54, 1.807) is 24.3 Å². The summed E-state index contributed by atoms with van der Waals surface area (Å²) >= 11 is 0. The van der Waals surface area contributed by atoms with E-state index >= 15 is 0 Å². The highest BCUT2D eigenvalue weighted by atomic mass is 16.2. The molecule has 2 rings (SSSR count). The van der Waals surface area contributed by atoms with Gasteiger partial charge < -0.3 is 4.90 Å². The molecular weight excluding hydrogens is 206 g/mol. The van der Waals surface area contributed by atoms with E-state index in [4.69, 9.17) is 0 Å². The fourth-order valence-electron chi connectivity index (χ4n) is 1.74. The highest BCUT2D eigenvalue weighted by Crippen LogP contribution is 2.28. The van der Waals surface area contributed by atoms with E-state index in [-0.39, 0.29) is 18.7 Å². The molecule has 4 nitrogen and oxygen atoms in total. The average molecular weight is 217 g/mol. The van der Waals surface area contributed by atoms with Crippen LogP contribution in [0.4, 0.5) is 5.69 Å². The Morgan fingerprint density at radius 1 is 1.25 bits per heavy atom. The predicted molar refractivity (Wildman–Crippen MR) is 58.4 cm³/mol. The molecule has 1 amide bonds. The SMILES string of the molecule is CC(=O)CCN1C(=O)C(=O)c2ccccc21. The number of fused-ring (bicyclic) bond motifs is 1. The van der Waals surface area contributed by atoms with Crippen LogP contribution in [0.15, 0.2) is 24.3 Å². The molecule has 0 atom stereocenters. The number of amides is 1. The van der Waals surface area contributed by atoms with Crippen LogP contribution < -0.4 is 4.90 Å². The summed E-state index contributed by atoms with van der Waals surface area (Å²) in [4.78, 5) is 35.5. The maximum Gasteiger partial charge on any atom is 0.299 e. The number of hydrogen-bond acceptors (Lipinski definition) is 3. The first-order valence-corrected chi connectivity index (χ1v) is 5.06. The number of para-hydroxylation sites is 1. The van der Waals surface area contributed by atoms with Crippen molar-refractivity contribution in [1.82, 2.24) is 0 Å². The van der Waals surface area contributed by atoms with Gasteiger partial charge in [0.1, 0.15) is 5.78 Å². The Morgan fingerprint density at radius 2 is 1.94 bits per heavy atom. The summed E-state index contributed by atoms with van der Waals surface area (Å²) in [6.07, 6.45) is 0.271. The summed E-state index contributed by atoms with van der Waals surface area (Å²) in [6, 6.07) is 6.84. The van der Waals surface area contributed by atoms with Crippen molar-refractivity contribution in [2.24, 2.45) is 0 Å². The van der Waals surface area contributed by atoms with Gasteiger partial charge in [-0.3, -0.25) is 14.4 Å². The van der Waals surface area contributed by atoms with Crippen LogP contribution in [-0.2, 0) is 9.59 Å². The molecule has 1 heterocycles. The van der Waals surface area contributed by atoms with E-state index in [2.05, 4.69) is 0 Å². The summed E-state index contributed by atoms with van der Waals surface area (Å²) in [5.41, 5.74) is 1.04. The molecule has 0 bridgehead atoms. The zero-order chi connectivity index (χ0) is 11.7. The maximum atomic E-state index is 11.6. The van der Waals surface area contributed by atoms with Gasteiger partial charge in [-0.1, -0.05) is 12.1 Å². The van der Waals surface area contributed by atoms with Gasteiger partial charge in [0.15, 0.2) is 0 Å². The van der Waals surface area contributed by atoms with Gasteiger partial charge >= 0.3 is 0 Å². The van der Waals surface area contributed by atoms with Crippen molar-refractivity contribution in [2.75, 3.05) is 11.4 Å². The fourth-order valence-corrected chi connectivity index (χ4v) is 1.74. The molecule has 4 heteroatoms. The van der Waals surface area contributed by atoms with E-state index in [0.717, 1.165) is 0 Å². The summed E-state index contributed by atoms with van der Waals surface area (Å²) in [5.74, 6) is -1.02. The number of ketones is 2. The lowest BCUT2D eigenvalue weighted by Gasteiger charge is -2.14. The number of anilines is 1. The van der Waals surface area contributed by atoms with Crippen LogP contribution in [0.2, 0.25) is 0 Å². The van der Waals surface area contributed by atoms with Crippen LogP contribution in [-0.4, -0.2) is 24.0 Å². The third-order valence-corrected chi connectivity index (χ3v) is 2.57. The molecule has 16 heavy (non-hydrogen) atoms. The smallest absolute Gasteiger partial charge is 0.299 e. The first-order chi connectivity index (χ1) is 7.61. The molecule has 0 radical (unpaired) electrons. The van der Waals surface area contributed by atoms with Crippen LogP contribution in [0.5, 0.6) is 0 Å². The molecule has 0 spiro atoms. The second-order valence-electron chi connectivity index (χ2n) is 3.76. The molecule has 82 valence electrons. The van der Waals surface area contributed by atoms with E-state index in [0.29, 0.717) is 11.3 Å². The minimum absolute atomic E-state index is 0.00429. The zero-order valence-corrected chi connectivity index (χ0v) is 8.90. The summed E-state index contributed by atoms with van der Waals surface area (Å²) < 4.78 is 0. The van der Waals surface area contributed by atoms with Crippen LogP contribution in [0.3, 0.4) is 0 Å². The molecule has 0 N–H and O–H groups in total. The normalized spacial score (nSPS) is 14.2. The number of rotatable bonds is 3. The highest BCUT2D eigenvalue weighted by molar-refractivity contribution is 6.52. The van der Waals surface area contributed by atoms with E-state index in [1.807, 2.05) is 0 Å². The van der Waals surface area contributed by atoms with E-state index in [1.165, 1.54) is 11.8 Å². The third kappa shape index (κ3) is 1.62. The summed E-state index contributed by atoms with van der Waals surface area (Å²) in [6.45, 7) is 1.74. The van der Waals surface area contributed by atoms with Crippen molar-refractivity contribution in [2.45, 2.75) is 13.3 Å². The molecule has 1 aromatic carbocycles. The minimum atomic E-state index is -0.539. The molecule has 1 aliphatic heterocycles. The van der Waals surface area contributed by atoms with Crippen molar-refractivity contribution in [3.63, 3.8) is 0 Å². The lowest BCUT2D eigenvalue weighted by molar-refractivity contribution is -0.117. The van der Waals surface area contributed by atoms with Gasteiger partial charge in [0, 0.05) is 13.0 Å². The Morgan fingerprint density at radius 3 is 2.62 bits per heavy atom. The first-order valence-electron chi connectivity index (χ1n) is 5.06. The summed E-state index contributed by atoms with van der Waals surface area (Å²) in [5, 5.41) is 0. The van der Waals surface area contributed by atoms with Crippen LogP contribution >= 0.6 is 0 Å². The maximum absolute atomic E-state index is 11.6. The lowest BCUT2D eigenvalue weighted by Crippen LogP contribution is -2.31. The van der Waals surface area contributed by atoms with Gasteiger partial charge in [0.25, 0.3) is 11.7 Å². The van der Waals surface area contributed by atoms with Gasteiger partial charge in [0.05, 0.1) is 11.3 Å². The number of Topliss-reactive ketones (excluding diaryl/α,β-unsaturated/α-hetero) is 2. The van der Waals surface area contributed by atoms with Crippen molar-refractivity contribution in [3.8, 4) is 0 Å². The van der Waals surface area contributed by atoms with E-state index in [9.17, 15) is 14.4 Å². The molecule has 1 aliphatic rings. The first kappa shape index (κ1) is 10.5. The number of carbonyl (C=O) groups excluding carboxylic acids is 3. The molecular formula is C12H11NO3. The Kier molecular flexibility index (Phi) is 2.56. The Bertz CT molecular complexity index is 479. The monoisotopic (exact) mass is 217 g/mol. The van der Waals surface area contributed by atoms with Gasteiger partial charge in [-0.05, 0) is 19.1 Å². The Labute approximate surface area is 92.9 Å². The molecule has 0 saturated heterocycles. The molecule has 0 aliphatic carbocycles. The second kappa shape index (κ2) is 3.89. The predicted octanol–water partition coefficient (Wildman–Crippen LogP) is 1.20. The van der Waals surface area contributed by atoms with Crippen molar-refractivity contribution in [3.05, 3.63) is 29.8 Å². The standard InChI is InChI=1S/C12H11NO3/c1-8(14)6-7-13-10-5-3-2-4-9(10)11(15)12(13)16/h2-5H,6-7H2,1H3. The van der Waals surface area contributed by atoms with Crippen LogP contribution in [0.1, 0.15) is 23.7 Å². The third-order valence-electron chi connectivity index (χ3n) is 2.57. The Balaban J connectivity index is 2.30. The summed E-state index contributed by atoms with van der Waals surface area (Å²) in [7, 11) is 0. The van der Waals surface area contributed by atoms with Gasteiger partial charge in [-0.2, -0.15) is 0 Å². The number of carbonyl (C=O) groups is 3. The molecule has 0 saturated carbocycles. The van der Waals surface area contributed by atoms with Crippen molar-refractivity contribution in [1.29, 1.82) is 0 Å². The second-order valence-corrected chi connectivity index (χ2v) is 3.76. The van der Waals surface area contributed by atoms with Crippen molar-refractivity contribution >= 4 is 23.2 Å². The van der Waals surface area contributed by atoms with Crippen molar-refractivity contribution < 1.29 is 14.4 Å². The number of nitrogens with zero attached hydrogens (tertiary/aromatic N) is 1. The molecule has 1 aromatic rings. The minimum Gasteiger partial charge on any atom is -0.304 e. The number of hydrogen-bond donors (Lipinski definition) is 0. The largest absolute Gasteiger partial charge is 0.304 e. The molecule has 0 aromatic heterocycles. The molecule has 0 unspecified atom stereocenters. The van der Waals surface area contributed by atoms with Gasteiger partial charge in [0.2, 0.25) is 0 Å².